The largest absolute Gasteiger partial charge is 0.457 e. The molecule has 4 heteroatoms. The predicted molar refractivity (Wildman–Crippen MR) is 87.3 cm³/mol. The van der Waals surface area contributed by atoms with Crippen molar-refractivity contribution in [3.05, 3.63) is 57.8 Å². The van der Waals surface area contributed by atoms with E-state index in [4.69, 9.17) is 4.74 Å². The molecule has 0 aromatic heterocycles. The number of nitrogens with one attached hydrogen (secondary N) is 1. The molecule has 0 spiro atoms. The third-order valence-corrected chi connectivity index (χ3v) is 3.58. The van der Waals surface area contributed by atoms with Gasteiger partial charge in [-0.05, 0) is 42.8 Å². The Bertz CT molecular complexity index is 628. The number of hydrogen-bond acceptors (Lipinski definition) is 2. The minimum Gasteiger partial charge on any atom is -0.457 e. The highest BCUT2D eigenvalue weighted by Crippen LogP contribution is 2.29. The predicted octanol–water partition coefficient (Wildman–Crippen LogP) is 5.19. The van der Waals surface area contributed by atoms with Crippen LogP contribution in [0.3, 0.4) is 0 Å². The summed E-state index contributed by atoms with van der Waals surface area (Å²) in [6, 6.07) is 11.1. The maximum atomic E-state index is 13.3. The third kappa shape index (κ3) is 4.55. The normalized spacial score (nSPS) is 11.0. The highest BCUT2D eigenvalue weighted by molar-refractivity contribution is 9.10. The van der Waals surface area contributed by atoms with Gasteiger partial charge in [-0.1, -0.05) is 35.8 Å². The molecule has 0 unspecified atom stereocenters. The lowest BCUT2D eigenvalue weighted by Gasteiger charge is -2.14. The Labute approximate surface area is 133 Å². The quantitative estimate of drug-likeness (QED) is 0.800. The van der Waals surface area contributed by atoms with Crippen molar-refractivity contribution < 1.29 is 9.13 Å². The molecule has 0 fully saturated rings. The molecule has 0 bridgehead atoms. The van der Waals surface area contributed by atoms with Crippen LogP contribution in [0.15, 0.2) is 40.9 Å². The van der Waals surface area contributed by atoms with Crippen molar-refractivity contribution in [1.29, 1.82) is 0 Å². The number of aryl methyl sites for hydroxylation is 1. The minimum atomic E-state index is -0.224. The number of rotatable bonds is 5. The van der Waals surface area contributed by atoms with E-state index < -0.39 is 0 Å². The number of ether oxygens (including phenoxy) is 1. The van der Waals surface area contributed by atoms with Gasteiger partial charge in [0.25, 0.3) is 0 Å². The summed E-state index contributed by atoms with van der Waals surface area (Å²) in [6.45, 7) is 6.65. The molecule has 0 saturated carbocycles. The highest BCUT2D eigenvalue weighted by atomic mass is 79.9. The first-order chi connectivity index (χ1) is 9.95. The summed E-state index contributed by atoms with van der Waals surface area (Å²) in [5.74, 6) is 1.18. The molecule has 0 radical (unpaired) electrons. The van der Waals surface area contributed by atoms with E-state index in [9.17, 15) is 4.39 Å². The van der Waals surface area contributed by atoms with Crippen LogP contribution in [-0.2, 0) is 6.54 Å². The highest BCUT2D eigenvalue weighted by Gasteiger charge is 2.08. The summed E-state index contributed by atoms with van der Waals surface area (Å²) < 4.78 is 20.2. The topological polar surface area (TPSA) is 21.3 Å². The maximum Gasteiger partial charge on any atom is 0.133 e. The molecule has 0 aliphatic carbocycles. The van der Waals surface area contributed by atoms with Gasteiger partial charge in [-0.3, -0.25) is 0 Å². The first kappa shape index (κ1) is 16.0. The molecule has 0 atom stereocenters. The van der Waals surface area contributed by atoms with E-state index in [-0.39, 0.29) is 5.82 Å². The summed E-state index contributed by atoms with van der Waals surface area (Å²) in [7, 11) is 0. The van der Waals surface area contributed by atoms with Gasteiger partial charge in [0.1, 0.15) is 17.3 Å². The van der Waals surface area contributed by atoms with Crippen LogP contribution < -0.4 is 10.1 Å². The molecule has 2 rings (SSSR count). The van der Waals surface area contributed by atoms with Crippen LogP contribution in [0.4, 0.5) is 4.39 Å². The molecular weight excluding hydrogens is 333 g/mol. The van der Waals surface area contributed by atoms with Gasteiger partial charge in [0.2, 0.25) is 0 Å². The van der Waals surface area contributed by atoms with Gasteiger partial charge >= 0.3 is 0 Å². The monoisotopic (exact) mass is 351 g/mol. The van der Waals surface area contributed by atoms with Gasteiger partial charge < -0.3 is 10.1 Å². The fourth-order valence-electron chi connectivity index (χ4n) is 1.89. The second kappa shape index (κ2) is 7.05. The SMILES string of the molecule is Cc1cc(Oc2cc(Br)ccc2CNC(C)C)ccc1F. The second-order valence-corrected chi connectivity index (χ2v) is 6.22. The van der Waals surface area contributed by atoms with Crippen LogP contribution in [0.1, 0.15) is 25.0 Å². The molecule has 112 valence electrons. The van der Waals surface area contributed by atoms with E-state index in [2.05, 4.69) is 35.1 Å². The molecule has 2 nitrogen and oxygen atoms in total. The van der Waals surface area contributed by atoms with Crippen molar-refractivity contribution in [3.8, 4) is 11.5 Å². The van der Waals surface area contributed by atoms with Crippen molar-refractivity contribution in [2.24, 2.45) is 0 Å². The average Bonchev–Trinajstić information content (AvgIpc) is 2.42. The molecule has 0 heterocycles. The third-order valence-electron chi connectivity index (χ3n) is 3.09. The zero-order valence-corrected chi connectivity index (χ0v) is 14.0. The van der Waals surface area contributed by atoms with Crippen molar-refractivity contribution in [2.75, 3.05) is 0 Å². The van der Waals surface area contributed by atoms with Crippen molar-refractivity contribution >= 4 is 15.9 Å². The summed E-state index contributed by atoms with van der Waals surface area (Å²) in [6.07, 6.45) is 0. The van der Waals surface area contributed by atoms with Crippen LogP contribution >= 0.6 is 15.9 Å². The number of benzene rings is 2. The van der Waals surface area contributed by atoms with Crippen LogP contribution in [0.25, 0.3) is 0 Å². The molecule has 0 aliphatic rings. The first-order valence-corrected chi connectivity index (χ1v) is 7.71. The standard InChI is InChI=1S/C17H19BrFNO/c1-11(2)20-10-13-4-5-14(18)9-17(13)21-15-6-7-16(19)12(3)8-15/h4-9,11,20H,10H2,1-3H3. The van der Waals surface area contributed by atoms with Gasteiger partial charge in [0.05, 0.1) is 0 Å². The van der Waals surface area contributed by atoms with Crippen molar-refractivity contribution in [1.82, 2.24) is 5.32 Å². The lowest BCUT2D eigenvalue weighted by molar-refractivity contribution is 0.466. The van der Waals surface area contributed by atoms with Gasteiger partial charge in [-0.15, -0.1) is 0 Å². The summed E-state index contributed by atoms with van der Waals surface area (Å²) >= 11 is 3.46. The summed E-state index contributed by atoms with van der Waals surface area (Å²) in [5.41, 5.74) is 1.64. The van der Waals surface area contributed by atoms with Gasteiger partial charge in [-0.25, -0.2) is 4.39 Å². The van der Waals surface area contributed by atoms with Crippen molar-refractivity contribution in [2.45, 2.75) is 33.4 Å². The van der Waals surface area contributed by atoms with E-state index in [0.29, 0.717) is 17.4 Å². The fraction of sp³-hybridized carbons (Fsp3) is 0.294. The summed E-state index contributed by atoms with van der Waals surface area (Å²) in [5, 5.41) is 3.37. The zero-order chi connectivity index (χ0) is 15.4. The Morgan fingerprint density at radius 2 is 1.95 bits per heavy atom. The van der Waals surface area contributed by atoms with Crippen molar-refractivity contribution in [3.63, 3.8) is 0 Å². The first-order valence-electron chi connectivity index (χ1n) is 6.91. The number of hydrogen-bond donors (Lipinski definition) is 1. The zero-order valence-electron chi connectivity index (χ0n) is 12.4. The van der Waals surface area contributed by atoms with Crippen LogP contribution in [0, 0.1) is 12.7 Å². The fourth-order valence-corrected chi connectivity index (χ4v) is 2.23. The van der Waals surface area contributed by atoms with E-state index in [0.717, 1.165) is 22.3 Å². The van der Waals surface area contributed by atoms with E-state index in [1.165, 1.54) is 6.07 Å². The maximum absolute atomic E-state index is 13.3. The average molecular weight is 352 g/mol. The Hall–Kier alpha value is -1.39. The van der Waals surface area contributed by atoms with Gasteiger partial charge in [0.15, 0.2) is 0 Å². The minimum absolute atomic E-state index is 0.224. The van der Waals surface area contributed by atoms with Crippen LogP contribution in [0.2, 0.25) is 0 Å². The van der Waals surface area contributed by atoms with E-state index in [1.54, 1.807) is 19.1 Å². The molecule has 21 heavy (non-hydrogen) atoms. The van der Waals surface area contributed by atoms with Gasteiger partial charge in [-0.2, -0.15) is 0 Å². The Morgan fingerprint density at radius 1 is 1.19 bits per heavy atom. The summed E-state index contributed by atoms with van der Waals surface area (Å²) in [4.78, 5) is 0. The molecule has 0 aliphatic heterocycles. The van der Waals surface area contributed by atoms with Crippen LogP contribution in [0.5, 0.6) is 11.5 Å². The smallest absolute Gasteiger partial charge is 0.133 e. The lowest BCUT2D eigenvalue weighted by Crippen LogP contribution is -2.22. The molecule has 2 aromatic rings. The van der Waals surface area contributed by atoms with E-state index >= 15 is 0 Å². The molecular formula is C17H19BrFNO. The van der Waals surface area contributed by atoms with Crippen LogP contribution in [-0.4, -0.2) is 6.04 Å². The van der Waals surface area contributed by atoms with Gasteiger partial charge in [0, 0.05) is 22.6 Å². The molecule has 1 N–H and O–H groups in total. The molecule has 0 amide bonds. The Balaban J connectivity index is 2.24. The Morgan fingerprint density at radius 3 is 2.62 bits per heavy atom. The Kier molecular flexibility index (Phi) is 5.37. The second-order valence-electron chi connectivity index (χ2n) is 5.30. The molecule has 0 saturated heterocycles. The van der Waals surface area contributed by atoms with E-state index in [1.807, 2.05) is 18.2 Å². The molecule has 2 aromatic carbocycles. The number of halogens is 2. The lowest BCUT2D eigenvalue weighted by atomic mass is 10.2.